The molecule has 1 amide bonds. The number of carbonyl (C=O) groups is 1. The van der Waals surface area contributed by atoms with E-state index in [9.17, 15) is 4.79 Å². The highest BCUT2D eigenvalue weighted by atomic mass is 16.5. The van der Waals surface area contributed by atoms with Crippen LogP contribution in [-0.4, -0.2) is 12.0 Å². The van der Waals surface area contributed by atoms with E-state index < -0.39 is 0 Å². The van der Waals surface area contributed by atoms with E-state index in [-0.39, 0.29) is 18.1 Å². The van der Waals surface area contributed by atoms with E-state index in [1.807, 2.05) is 37.3 Å². The second-order valence-corrected chi connectivity index (χ2v) is 4.36. The number of hydrogen-bond acceptors (Lipinski definition) is 2. The Morgan fingerprint density at radius 2 is 2.22 bits per heavy atom. The first kappa shape index (κ1) is 12.4. The van der Waals surface area contributed by atoms with Crippen molar-refractivity contribution in [3.63, 3.8) is 0 Å². The van der Waals surface area contributed by atoms with Gasteiger partial charge in [0.1, 0.15) is 6.10 Å². The fourth-order valence-electron chi connectivity index (χ4n) is 1.88. The van der Waals surface area contributed by atoms with Crippen LogP contribution < -0.4 is 5.32 Å². The summed E-state index contributed by atoms with van der Waals surface area (Å²) in [5, 5.41) is 2.96. The van der Waals surface area contributed by atoms with Gasteiger partial charge in [-0.3, -0.25) is 4.79 Å². The van der Waals surface area contributed by atoms with Gasteiger partial charge in [-0.25, -0.2) is 0 Å². The lowest BCUT2D eigenvalue weighted by Gasteiger charge is -2.14. The normalized spacial score (nSPS) is 19.6. The van der Waals surface area contributed by atoms with Crippen LogP contribution in [0.2, 0.25) is 0 Å². The first-order valence-electron chi connectivity index (χ1n) is 6.03. The van der Waals surface area contributed by atoms with E-state index >= 15 is 0 Å². The van der Waals surface area contributed by atoms with Crippen molar-refractivity contribution in [3.8, 4) is 0 Å². The number of carbonyl (C=O) groups excluding carboxylic acids is 1. The zero-order valence-electron chi connectivity index (χ0n) is 10.4. The van der Waals surface area contributed by atoms with Crippen molar-refractivity contribution < 1.29 is 9.53 Å². The molecule has 3 heteroatoms. The summed E-state index contributed by atoms with van der Waals surface area (Å²) in [6.45, 7) is 5.62. The Labute approximate surface area is 107 Å². The molecule has 1 aromatic carbocycles. The molecule has 3 nitrogen and oxygen atoms in total. The second-order valence-electron chi connectivity index (χ2n) is 4.36. The van der Waals surface area contributed by atoms with Crippen molar-refractivity contribution in [1.82, 2.24) is 5.32 Å². The Bertz CT molecular complexity index is 465. The van der Waals surface area contributed by atoms with Crippen molar-refractivity contribution in [2.75, 3.05) is 0 Å². The molecule has 0 spiro atoms. The van der Waals surface area contributed by atoms with Gasteiger partial charge in [-0.05, 0) is 12.5 Å². The Morgan fingerprint density at radius 1 is 1.50 bits per heavy atom. The molecule has 0 saturated carbocycles. The van der Waals surface area contributed by atoms with Crippen LogP contribution in [0.1, 0.15) is 24.9 Å². The third-order valence-corrected chi connectivity index (χ3v) is 3.01. The van der Waals surface area contributed by atoms with Gasteiger partial charge in [-0.15, -0.1) is 0 Å². The van der Waals surface area contributed by atoms with Gasteiger partial charge in [0.15, 0.2) is 0 Å². The Hall–Kier alpha value is -2.03. The topological polar surface area (TPSA) is 38.3 Å². The van der Waals surface area contributed by atoms with Gasteiger partial charge in [0, 0.05) is 6.42 Å². The molecule has 0 unspecified atom stereocenters. The van der Waals surface area contributed by atoms with E-state index in [0.717, 1.165) is 5.56 Å². The van der Waals surface area contributed by atoms with E-state index in [0.29, 0.717) is 12.0 Å². The Balaban J connectivity index is 1.94. The van der Waals surface area contributed by atoms with Crippen LogP contribution in [0.3, 0.4) is 0 Å². The summed E-state index contributed by atoms with van der Waals surface area (Å²) in [6.07, 6.45) is 3.76. The number of benzene rings is 1. The molecule has 0 fully saturated rings. The van der Waals surface area contributed by atoms with Crippen LogP contribution in [0, 0.1) is 0 Å². The minimum atomic E-state index is -0.0734. The van der Waals surface area contributed by atoms with Crippen LogP contribution in [0.5, 0.6) is 0 Å². The molecule has 1 aliphatic rings. The van der Waals surface area contributed by atoms with Crippen LogP contribution in [0.4, 0.5) is 0 Å². The van der Waals surface area contributed by atoms with E-state index in [1.165, 1.54) is 6.26 Å². The zero-order valence-corrected chi connectivity index (χ0v) is 10.4. The molecule has 0 aliphatic carbocycles. The summed E-state index contributed by atoms with van der Waals surface area (Å²) in [7, 11) is 0. The fraction of sp³-hybridized carbons (Fsp3) is 0.267. The van der Waals surface area contributed by atoms with Crippen LogP contribution >= 0.6 is 0 Å². The number of hydrogen-bond donors (Lipinski definition) is 1. The summed E-state index contributed by atoms with van der Waals surface area (Å²) in [5.41, 5.74) is 1.76. The quantitative estimate of drug-likeness (QED) is 0.826. The zero-order chi connectivity index (χ0) is 13.0. The molecule has 0 bridgehead atoms. The molecule has 2 rings (SSSR count). The smallest absolute Gasteiger partial charge is 0.250 e. The number of rotatable bonds is 4. The number of nitrogens with one attached hydrogen (secondary N) is 1. The van der Waals surface area contributed by atoms with Crippen molar-refractivity contribution >= 4 is 5.91 Å². The maximum Gasteiger partial charge on any atom is 0.250 e. The first-order chi connectivity index (χ1) is 8.70. The molecule has 0 radical (unpaired) electrons. The molecule has 1 aromatic rings. The lowest BCUT2D eigenvalue weighted by atomic mass is 10.1. The minimum Gasteiger partial charge on any atom is -0.493 e. The molecule has 1 aliphatic heterocycles. The highest BCUT2D eigenvalue weighted by molar-refractivity contribution is 5.93. The maximum absolute atomic E-state index is 12.0. The van der Waals surface area contributed by atoms with Gasteiger partial charge in [-0.1, -0.05) is 43.0 Å². The average molecular weight is 243 g/mol. The summed E-state index contributed by atoms with van der Waals surface area (Å²) in [4.78, 5) is 12.0. The van der Waals surface area contributed by atoms with Crippen molar-refractivity contribution in [1.29, 1.82) is 0 Å². The highest BCUT2D eigenvalue weighted by Crippen LogP contribution is 2.20. The Morgan fingerprint density at radius 3 is 2.83 bits per heavy atom. The van der Waals surface area contributed by atoms with Gasteiger partial charge in [0.05, 0.1) is 17.9 Å². The third-order valence-electron chi connectivity index (χ3n) is 3.01. The predicted octanol–water partition coefficient (Wildman–Crippen LogP) is 2.72. The predicted molar refractivity (Wildman–Crippen MR) is 70.8 cm³/mol. The first-order valence-corrected chi connectivity index (χ1v) is 6.03. The van der Waals surface area contributed by atoms with Gasteiger partial charge in [-0.2, -0.15) is 0 Å². The molecular weight excluding hydrogens is 226 g/mol. The van der Waals surface area contributed by atoms with Gasteiger partial charge < -0.3 is 10.1 Å². The van der Waals surface area contributed by atoms with Crippen LogP contribution in [0.15, 0.2) is 54.8 Å². The summed E-state index contributed by atoms with van der Waals surface area (Å²) >= 11 is 0. The molecule has 2 atom stereocenters. The SMILES string of the molecule is C=C[C@H]1CC(C(=O)N[C@H](C)c2ccccc2)=CO1. The van der Waals surface area contributed by atoms with Crippen LogP contribution in [0.25, 0.3) is 0 Å². The third kappa shape index (κ3) is 2.80. The summed E-state index contributed by atoms with van der Waals surface area (Å²) in [5.74, 6) is -0.0734. The second kappa shape index (κ2) is 5.54. The summed E-state index contributed by atoms with van der Waals surface area (Å²) in [6, 6.07) is 9.86. The Kier molecular flexibility index (Phi) is 3.82. The molecule has 0 aromatic heterocycles. The fourth-order valence-corrected chi connectivity index (χ4v) is 1.88. The molecule has 18 heavy (non-hydrogen) atoms. The lowest BCUT2D eigenvalue weighted by molar-refractivity contribution is -0.118. The monoisotopic (exact) mass is 243 g/mol. The van der Waals surface area contributed by atoms with E-state index in [1.54, 1.807) is 6.08 Å². The molecular formula is C15H17NO2. The van der Waals surface area contributed by atoms with Crippen molar-refractivity contribution in [2.45, 2.75) is 25.5 Å². The van der Waals surface area contributed by atoms with E-state index in [2.05, 4.69) is 11.9 Å². The standard InChI is InChI=1S/C15H17NO2/c1-3-14-9-13(10-18-14)15(17)16-11(2)12-7-5-4-6-8-12/h3-8,10-11,14H,1,9H2,2H3,(H,16,17)/t11-,14+/m1/s1. The summed E-state index contributed by atoms with van der Waals surface area (Å²) < 4.78 is 5.28. The number of amides is 1. The molecule has 0 saturated heterocycles. The molecule has 1 heterocycles. The average Bonchev–Trinajstić information content (AvgIpc) is 2.88. The molecule has 94 valence electrons. The van der Waals surface area contributed by atoms with Crippen molar-refractivity contribution in [2.24, 2.45) is 0 Å². The lowest BCUT2D eigenvalue weighted by Crippen LogP contribution is -2.27. The number of ether oxygens (including phenoxy) is 1. The van der Waals surface area contributed by atoms with Crippen LogP contribution in [-0.2, 0) is 9.53 Å². The molecule has 1 N–H and O–H groups in total. The van der Waals surface area contributed by atoms with Gasteiger partial charge in [0.2, 0.25) is 0 Å². The highest BCUT2D eigenvalue weighted by Gasteiger charge is 2.22. The largest absolute Gasteiger partial charge is 0.493 e. The van der Waals surface area contributed by atoms with Gasteiger partial charge in [0.25, 0.3) is 5.91 Å². The van der Waals surface area contributed by atoms with E-state index in [4.69, 9.17) is 4.74 Å². The van der Waals surface area contributed by atoms with Gasteiger partial charge >= 0.3 is 0 Å². The maximum atomic E-state index is 12.0. The van der Waals surface area contributed by atoms with Crippen molar-refractivity contribution in [3.05, 3.63) is 60.4 Å². The minimum absolute atomic E-state index is 0.0117.